The third-order valence-electron chi connectivity index (χ3n) is 3.49. The fourth-order valence-electron chi connectivity index (χ4n) is 2.38. The molecule has 1 fully saturated rings. The van der Waals surface area contributed by atoms with Crippen molar-refractivity contribution in [3.05, 3.63) is 30.1 Å². The van der Waals surface area contributed by atoms with Crippen molar-refractivity contribution >= 4 is 22.4 Å². The van der Waals surface area contributed by atoms with Crippen LogP contribution in [0.2, 0.25) is 0 Å². The Labute approximate surface area is 123 Å². The maximum Gasteiger partial charge on any atom is 0.205 e. The Morgan fingerprint density at radius 1 is 1.15 bits per heavy atom. The summed E-state index contributed by atoms with van der Waals surface area (Å²) in [5, 5.41) is 1.03. The Balaban J connectivity index is 1.66. The Kier molecular flexibility index (Phi) is 3.73. The molecule has 2 heterocycles. The number of anilines is 2. The second-order valence-corrected chi connectivity index (χ2v) is 5.53. The molecule has 1 aliphatic heterocycles. The molecule has 1 saturated heterocycles. The molecule has 1 aromatic heterocycles. The molecule has 0 radical (unpaired) electrons. The first-order chi connectivity index (χ1) is 9.76. The van der Waals surface area contributed by atoms with E-state index < -0.39 is 0 Å². The predicted octanol–water partition coefficient (Wildman–Crippen LogP) is 2.18. The highest BCUT2D eigenvalue weighted by Gasteiger charge is 2.20. The van der Waals surface area contributed by atoms with Gasteiger partial charge in [-0.15, -0.1) is 0 Å². The number of aromatic nitrogens is 2. The van der Waals surface area contributed by atoms with E-state index in [0.29, 0.717) is 0 Å². The Hall–Kier alpha value is -1.82. The van der Waals surface area contributed by atoms with Crippen LogP contribution in [-0.4, -0.2) is 42.6 Å². The van der Waals surface area contributed by atoms with Crippen molar-refractivity contribution in [2.24, 2.45) is 0 Å². The number of piperazine rings is 1. The Bertz CT molecular complexity index is 578. The van der Waals surface area contributed by atoms with E-state index in [0.717, 1.165) is 42.9 Å². The highest BCUT2D eigenvalue weighted by molar-refractivity contribution is 7.09. The molecule has 5 nitrogen and oxygen atoms in total. The van der Waals surface area contributed by atoms with Crippen LogP contribution in [0.3, 0.4) is 0 Å². The van der Waals surface area contributed by atoms with Crippen molar-refractivity contribution in [2.45, 2.75) is 6.92 Å². The summed E-state index contributed by atoms with van der Waals surface area (Å²) in [4.78, 5) is 9.14. The van der Waals surface area contributed by atoms with E-state index in [9.17, 15) is 0 Å². The first-order valence-corrected chi connectivity index (χ1v) is 7.48. The van der Waals surface area contributed by atoms with E-state index in [1.165, 1.54) is 17.2 Å². The topological polar surface area (TPSA) is 41.5 Å². The molecule has 0 aliphatic carbocycles. The lowest BCUT2D eigenvalue weighted by atomic mass is 10.2. The van der Waals surface area contributed by atoms with Crippen LogP contribution in [-0.2, 0) is 0 Å². The van der Waals surface area contributed by atoms with Gasteiger partial charge < -0.3 is 14.5 Å². The van der Waals surface area contributed by atoms with Crippen LogP contribution in [0.5, 0.6) is 5.75 Å². The van der Waals surface area contributed by atoms with Crippen LogP contribution >= 0.6 is 11.5 Å². The lowest BCUT2D eigenvalue weighted by molar-refractivity contribution is 0.414. The summed E-state index contributed by atoms with van der Waals surface area (Å²) in [7, 11) is 1.70. The van der Waals surface area contributed by atoms with Crippen molar-refractivity contribution in [2.75, 3.05) is 43.1 Å². The summed E-state index contributed by atoms with van der Waals surface area (Å²) in [6.45, 7) is 5.88. The largest absolute Gasteiger partial charge is 0.497 e. The second kappa shape index (κ2) is 5.66. The van der Waals surface area contributed by atoms with Gasteiger partial charge in [-0.05, 0) is 19.1 Å². The van der Waals surface area contributed by atoms with Gasteiger partial charge in [0.2, 0.25) is 5.13 Å². The zero-order valence-corrected chi connectivity index (χ0v) is 12.6. The van der Waals surface area contributed by atoms with Crippen molar-refractivity contribution in [3.63, 3.8) is 0 Å². The minimum absolute atomic E-state index is 0.861. The van der Waals surface area contributed by atoms with Crippen molar-refractivity contribution < 1.29 is 4.74 Å². The monoisotopic (exact) mass is 290 g/mol. The van der Waals surface area contributed by atoms with Crippen molar-refractivity contribution in [3.8, 4) is 5.75 Å². The molecule has 3 rings (SSSR count). The van der Waals surface area contributed by atoms with E-state index in [-0.39, 0.29) is 0 Å². The number of methoxy groups -OCH3 is 1. The van der Waals surface area contributed by atoms with E-state index in [4.69, 9.17) is 4.74 Å². The molecule has 2 aromatic rings. The fraction of sp³-hybridized carbons (Fsp3) is 0.429. The van der Waals surface area contributed by atoms with E-state index in [1.807, 2.05) is 19.1 Å². The van der Waals surface area contributed by atoms with Crippen LogP contribution in [0.4, 0.5) is 10.8 Å². The molecule has 20 heavy (non-hydrogen) atoms. The van der Waals surface area contributed by atoms with Crippen LogP contribution in [0.1, 0.15) is 5.82 Å². The lowest BCUT2D eigenvalue weighted by Crippen LogP contribution is -2.46. The predicted molar refractivity (Wildman–Crippen MR) is 82.1 cm³/mol. The number of rotatable bonds is 3. The molecule has 0 atom stereocenters. The maximum atomic E-state index is 5.29. The van der Waals surface area contributed by atoms with Crippen LogP contribution in [0.15, 0.2) is 24.3 Å². The van der Waals surface area contributed by atoms with Crippen molar-refractivity contribution in [1.82, 2.24) is 9.36 Å². The van der Waals surface area contributed by atoms with Crippen LogP contribution < -0.4 is 14.5 Å². The summed E-state index contributed by atoms with van der Waals surface area (Å²) < 4.78 is 9.54. The summed E-state index contributed by atoms with van der Waals surface area (Å²) in [5.74, 6) is 1.77. The van der Waals surface area contributed by atoms with Crippen LogP contribution in [0, 0.1) is 6.92 Å². The van der Waals surface area contributed by atoms with E-state index >= 15 is 0 Å². The Morgan fingerprint density at radius 2 is 1.90 bits per heavy atom. The number of hydrogen-bond acceptors (Lipinski definition) is 6. The van der Waals surface area contributed by atoms with Gasteiger partial charge in [0.05, 0.1) is 7.11 Å². The number of aryl methyl sites for hydroxylation is 1. The zero-order chi connectivity index (χ0) is 13.9. The minimum Gasteiger partial charge on any atom is -0.497 e. The molecule has 0 unspecified atom stereocenters. The minimum atomic E-state index is 0.861. The normalized spacial score (nSPS) is 15.5. The fourth-order valence-corrected chi connectivity index (χ4v) is 3.10. The number of benzene rings is 1. The van der Waals surface area contributed by atoms with Gasteiger partial charge in [-0.3, -0.25) is 0 Å². The number of hydrogen-bond donors (Lipinski definition) is 0. The van der Waals surface area contributed by atoms with E-state index in [2.05, 4.69) is 31.3 Å². The summed E-state index contributed by atoms with van der Waals surface area (Å²) in [6, 6.07) is 8.23. The molecule has 0 spiro atoms. The van der Waals surface area contributed by atoms with Gasteiger partial charge in [0.1, 0.15) is 11.6 Å². The highest BCUT2D eigenvalue weighted by Crippen LogP contribution is 2.24. The standard InChI is InChI=1S/C14H18N4OS/c1-11-15-14(20-16-11)18-8-6-17(7-9-18)12-4-3-5-13(10-12)19-2/h3-5,10H,6-9H2,1-2H3. The lowest BCUT2D eigenvalue weighted by Gasteiger charge is -2.35. The van der Waals surface area contributed by atoms with Gasteiger partial charge in [-0.2, -0.15) is 4.37 Å². The first kappa shape index (κ1) is 13.2. The molecule has 106 valence electrons. The summed E-state index contributed by atoms with van der Waals surface area (Å²) in [6.07, 6.45) is 0. The zero-order valence-electron chi connectivity index (χ0n) is 11.7. The van der Waals surface area contributed by atoms with Gasteiger partial charge in [0.25, 0.3) is 0 Å². The van der Waals surface area contributed by atoms with Gasteiger partial charge in [-0.25, -0.2) is 4.98 Å². The summed E-state index contributed by atoms with van der Waals surface area (Å²) >= 11 is 1.49. The van der Waals surface area contributed by atoms with Crippen molar-refractivity contribution in [1.29, 1.82) is 0 Å². The average molecular weight is 290 g/mol. The van der Waals surface area contributed by atoms with Crippen LogP contribution in [0.25, 0.3) is 0 Å². The average Bonchev–Trinajstić information content (AvgIpc) is 2.94. The SMILES string of the molecule is COc1cccc(N2CCN(c3nc(C)ns3)CC2)c1. The first-order valence-electron chi connectivity index (χ1n) is 6.70. The quantitative estimate of drug-likeness (QED) is 0.866. The molecule has 0 N–H and O–H groups in total. The van der Waals surface area contributed by atoms with Gasteiger partial charge in [-0.1, -0.05) is 6.07 Å². The molecule has 0 amide bonds. The van der Waals surface area contributed by atoms with E-state index in [1.54, 1.807) is 7.11 Å². The highest BCUT2D eigenvalue weighted by atomic mass is 32.1. The summed E-state index contributed by atoms with van der Waals surface area (Å²) in [5.41, 5.74) is 1.22. The van der Waals surface area contributed by atoms with Gasteiger partial charge in [0.15, 0.2) is 0 Å². The third-order valence-corrected chi connectivity index (χ3v) is 4.35. The molecule has 0 saturated carbocycles. The Morgan fingerprint density at radius 3 is 2.55 bits per heavy atom. The van der Waals surface area contributed by atoms with Gasteiger partial charge >= 0.3 is 0 Å². The molecule has 1 aliphatic rings. The maximum absolute atomic E-state index is 5.29. The smallest absolute Gasteiger partial charge is 0.205 e. The molecule has 6 heteroatoms. The molecular formula is C14H18N4OS. The molecule has 0 bridgehead atoms. The molecular weight excluding hydrogens is 272 g/mol. The number of nitrogens with zero attached hydrogens (tertiary/aromatic N) is 4. The second-order valence-electron chi connectivity index (χ2n) is 4.80. The molecule has 1 aromatic carbocycles. The third kappa shape index (κ3) is 2.70. The number of ether oxygens (including phenoxy) is 1. The van der Waals surface area contributed by atoms with Gasteiger partial charge in [0, 0.05) is 49.5 Å².